The van der Waals surface area contributed by atoms with Crippen LogP contribution in [0.25, 0.3) is 10.6 Å². The maximum absolute atomic E-state index is 5.37. The average molecular weight is 305 g/mol. The third-order valence-corrected chi connectivity index (χ3v) is 4.12. The second kappa shape index (κ2) is 8.10. The number of aromatic nitrogens is 2. The summed E-state index contributed by atoms with van der Waals surface area (Å²) in [6.45, 7) is 6.54. The molecule has 0 radical (unpaired) electrons. The van der Waals surface area contributed by atoms with Crippen LogP contribution in [0.2, 0.25) is 0 Å². The SMILES string of the molecule is COc1ccccc1-c1nnc(CCCNCC(C)C)s1. The van der Waals surface area contributed by atoms with E-state index < -0.39 is 0 Å². The molecule has 0 unspecified atom stereocenters. The predicted molar refractivity (Wildman–Crippen MR) is 87.9 cm³/mol. The second-order valence-electron chi connectivity index (χ2n) is 5.40. The van der Waals surface area contributed by atoms with Crippen molar-refractivity contribution in [1.82, 2.24) is 15.5 Å². The number of nitrogens with one attached hydrogen (secondary N) is 1. The fourth-order valence-corrected chi connectivity index (χ4v) is 2.95. The summed E-state index contributed by atoms with van der Waals surface area (Å²) in [4.78, 5) is 0. The maximum Gasteiger partial charge on any atom is 0.151 e. The van der Waals surface area contributed by atoms with E-state index in [2.05, 4.69) is 29.4 Å². The molecule has 0 aliphatic heterocycles. The van der Waals surface area contributed by atoms with Crippen LogP contribution >= 0.6 is 11.3 Å². The third-order valence-electron chi connectivity index (χ3n) is 3.10. The van der Waals surface area contributed by atoms with Crippen LogP contribution in [0, 0.1) is 5.92 Å². The van der Waals surface area contributed by atoms with Gasteiger partial charge in [0.05, 0.1) is 12.7 Å². The number of aryl methyl sites for hydroxylation is 1. The Morgan fingerprint density at radius 2 is 2.05 bits per heavy atom. The highest BCUT2D eigenvalue weighted by molar-refractivity contribution is 7.14. The lowest BCUT2D eigenvalue weighted by Crippen LogP contribution is -2.21. The van der Waals surface area contributed by atoms with Gasteiger partial charge in [0, 0.05) is 6.42 Å². The summed E-state index contributed by atoms with van der Waals surface area (Å²) in [5.41, 5.74) is 1.02. The lowest BCUT2D eigenvalue weighted by atomic mass is 10.2. The highest BCUT2D eigenvalue weighted by Crippen LogP contribution is 2.31. The minimum Gasteiger partial charge on any atom is -0.496 e. The zero-order chi connectivity index (χ0) is 15.1. The van der Waals surface area contributed by atoms with Crippen molar-refractivity contribution in [3.63, 3.8) is 0 Å². The molecule has 0 bridgehead atoms. The maximum atomic E-state index is 5.37. The van der Waals surface area contributed by atoms with Crippen molar-refractivity contribution in [2.45, 2.75) is 26.7 Å². The zero-order valence-electron chi connectivity index (χ0n) is 12.9. The first-order chi connectivity index (χ1) is 10.2. The van der Waals surface area contributed by atoms with Crippen LogP contribution in [0.4, 0.5) is 0 Å². The van der Waals surface area contributed by atoms with Gasteiger partial charge in [0.15, 0.2) is 5.01 Å². The quantitative estimate of drug-likeness (QED) is 0.759. The first kappa shape index (κ1) is 15.9. The van der Waals surface area contributed by atoms with Crippen molar-refractivity contribution in [2.75, 3.05) is 20.2 Å². The smallest absolute Gasteiger partial charge is 0.151 e. The summed E-state index contributed by atoms with van der Waals surface area (Å²) in [7, 11) is 1.68. The van der Waals surface area contributed by atoms with Gasteiger partial charge >= 0.3 is 0 Å². The van der Waals surface area contributed by atoms with Crippen LogP contribution in [-0.4, -0.2) is 30.4 Å². The molecule has 0 saturated carbocycles. The average Bonchev–Trinajstić information content (AvgIpc) is 2.95. The van der Waals surface area contributed by atoms with E-state index >= 15 is 0 Å². The van der Waals surface area contributed by atoms with Crippen molar-refractivity contribution >= 4 is 11.3 Å². The van der Waals surface area contributed by atoms with E-state index in [-0.39, 0.29) is 0 Å². The Bertz CT molecular complexity index is 554. The molecule has 114 valence electrons. The molecule has 0 saturated heterocycles. The van der Waals surface area contributed by atoms with Crippen LogP contribution in [-0.2, 0) is 6.42 Å². The molecule has 1 aromatic heterocycles. The molecule has 5 heteroatoms. The van der Waals surface area contributed by atoms with Gasteiger partial charge in [-0.3, -0.25) is 0 Å². The number of para-hydroxylation sites is 1. The van der Waals surface area contributed by atoms with Gasteiger partial charge in [-0.05, 0) is 37.6 Å². The van der Waals surface area contributed by atoms with E-state index in [1.54, 1.807) is 18.4 Å². The number of hydrogen-bond donors (Lipinski definition) is 1. The Kier molecular flexibility index (Phi) is 6.14. The van der Waals surface area contributed by atoms with Gasteiger partial charge in [0.25, 0.3) is 0 Å². The first-order valence-corrected chi connectivity index (χ1v) is 8.19. The van der Waals surface area contributed by atoms with E-state index in [1.165, 1.54) is 0 Å². The van der Waals surface area contributed by atoms with E-state index in [0.717, 1.165) is 47.3 Å². The Balaban J connectivity index is 1.89. The van der Waals surface area contributed by atoms with Gasteiger partial charge in [0.1, 0.15) is 10.8 Å². The van der Waals surface area contributed by atoms with Crippen LogP contribution in [0.1, 0.15) is 25.3 Å². The summed E-state index contributed by atoms with van der Waals surface area (Å²) >= 11 is 1.65. The standard InChI is InChI=1S/C16H23N3OS/c1-12(2)11-17-10-6-9-15-18-19-16(21-15)13-7-4-5-8-14(13)20-3/h4-5,7-8,12,17H,6,9-11H2,1-3H3. The number of benzene rings is 1. The highest BCUT2D eigenvalue weighted by Gasteiger charge is 2.10. The third kappa shape index (κ3) is 4.79. The molecule has 0 fully saturated rings. The molecule has 1 N–H and O–H groups in total. The Morgan fingerprint density at radius 3 is 2.81 bits per heavy atom. The molecule has 0 atom stereocenters. The molecule has 2 rings (SSSR count). The van der Waals surface area contributed by atoms with Gasteiger partial charge in [-0.25, -0.2) is 0 Å². The molecule has 2 aromatic rings. The van der Waals surface area contributed by atoms with E-state index in [1.807, 2.05) is 24.3 Å². The molecule has 21 heavy (non-hydrogen) atoms. The highest BCUT2D eigenvalue weighted by atomic mass is 32.1. The van der Waals surface area contributed by atoms with Crippen molar-refractivity contribution in [1.29, 1.82) is 0 Å². The van der Waals surface area contributed by atoms with Gasteiger partial charge in [0.2, 0.25) is 0 Å². The Hall–Kier alpha value is -1.46. The Morgan fingerprint density at radius 1 is 1.24 bits per heavy atom. The number of hydrogen-bond acceptors (Lipinski definition) is 5. The first-order valence-electron chi connectivity index (χ1n) is 7.37. The Labute approximate surface area is 130 Å². The topological polar surface area (TPSA) is 47.0 Å². The van der Waals surface area contributed by atoms with E-state index in [9.17, 15) is 0 Å². The zero-order valence-corrected chi connectivity index (χ0v) is 13.7. The summed E-state index contributed by atoms with van der Waals surface area (Å²) in [6, 6.07) is 7.93. The normalized spacial score (nSPS) is 11.0. The predicted octanol–water partition coefficient (Wildman–Crippen LogP) is 3.39. The summed E-state index contributed by atoms with van der Waals surface area (Å²) in [6.07, 6.45) is 2.06. The van der Waals surface area contributed by atoms with Gasteiger partial charge in [-0.1, -0.05) is 37.3 Å². The number of rotatable bonds is 8. The van der Waals surface area contributed by atoms with Crippen molar-refractivity contribution in [2.24, 2.45) is 5.92 Å². The second-order valence-corrected chi connectivity index (χ2v) is 6.46. The molecule has 1 heterocycles. The molecule has 0 aliphatic rings. The molecule has 1 aromatic carbocycles. The molecule has 0 amide bonds. The molecule has 0 aliphatic carbocycles. The summed E-state index contributed by atoms with van der Waals surface area (Å²) in [5, 5.41) is 14.0. The van der Waals surface area contributed by atoms with Crippen LogP contribution < -0.4 is 10.1 Å². The molecule has 0 spiro atoms. The van der Waals surface area contributed by atoms with E-state index in [0.29, 0.717) is 5.92 Å². The van der Waals surface area contributed by atoms with E-state index in [4.69, 9.17) is 4.74 Å². The fourth-order valence-electron chi connectivity index (χ4n) is 2.04. The number of ether oxygens (including phenoxy) is 1. The number of nitrogens with zero attached hydrogens (tertiary/aromatic N) is 2. The lowest BCUT2D eigenvalue weighted by Gasteiger charge is -2.05. The van der Waals surface area contributed by atoms with Crippen LogP contribution in [0.5, 0.6) is 5.75 Å². The van der Waals surface area contributed by atoms with Gasteiger partial charge in [-0.15, -0.1) is 10.2 Å². The van der Waals surface area contributed by atoms with Gasteiger partial charge < -0.3 is 10.1 Å². The van der Waals surface area contributed by atoms with Crippen LogP contribution in [0.3, 0.4) is 0 Å². The summed E-state index contributed by atoms with van der Waals surface area (Å²) in [5.74, 6) is 1.54. The fraction of sp³-hybridized carbons (Fsp3) is 0.500. The lowest BCUT2D eigenvalue weighted by molar-refractivity contribution is 0.416. The van der Waals surface area contributed by atoms with Crippen molar-refractivity contribution in [3.8, 4) is 16.3 Å². The van der Waals surface area contributed by atoms with Crippen molar-refractivity contribution in [3.05, 3.63) is 29.3 Å². The van der Waals surface area contributed by atoms with Crippen LogP contribution in [0.15, 0.2) is 24.3 Å². The summed E-state index contributed by atoms with van der Waals surface area (Å²) < 4.78 is 5.37. The molecule has 4 nitrogen and oxygen atoms in total. The molecular formula is C16H23N3OS. The van der Waals surface area contributed by atoms with Gasteiger partial charge in [-0.2, -0.15) is 0 Å². The monoisotopic (exact) mass is 305 g/mol. The minimum atomic E-state index is 0.698. The minimum absolute atomic E-state index is 0.698. The van der Waals surface area contributed by atoms with Crippen molar-refractivity contribution < 1.29 is 4.74 Å². The number of methoxy groups -OCH3 is 1. The largest absolute Gasteiger partial charge is 0.496 e. The molecular weight excluding hydrogens is 282 g/mol.